The first-order valence-corrected chi connectivity index (χ1v) is 8.09. The largest absolute Gasteiger partial charge is 0.433 e. The Kier molecular flexibility index (Phi) is 5.90. The minimum atomic E-state index is -4.56. The Bertz CT molecular complexity index is 727. The third-order valence-electron chi connectivity index (χ3n) is 3.18. The molecule has 0 aliphatic heterocycles. The van der Waals surface area contributed by atoms with E-state index < -0.39 is 11.9 Å². The maximum Gasteiger partial charge on any atom is 0.433 e. The molecule has 0 saturated heterocycles. The lowest BCUT2D eigenvalue weighted by Crippen LogP contribution is -2.28. The van der Waals surface area contributed by atoms with Crippen LogP contribution in [-0.4, -0.2) is 16.5 Å². The molecular formula is C17H20ClF3N4. The lowest BCUT2D eigenvalue weighted by atomic mass is 9.97. The van der Waals surface area contributed by atoms with E-state index in [-0.39, 0.29) is 23.5 Å². The smallest absolute Gasteiger partial charge is 0.324 e. The molecule has 25 heavy (non-hydrogen) atoms. The summed E-state index contributed by atoms with van der Waals surface area (Å²) in [6.45, 7) is 6.62. The van der Waals surface area contributed by atoms with Crippen LogP contribution in [-0.2, 0) is 12.7 Å². The van der Waals surface area contributed by atoms with Gasteiger partial charge in [0, 0.05) is 35.6 Å². The van der Waals surface area contributed by atoms with Crippen molar-refractivity contribution in [3.8, 4) is 0 Å². The fraction of sp³-hybridized carbons (Fsp3) is 0.412. The van der Waals surface area contributed by atoms with Gasteiger partial charge in [-0.25, -0.2) is 9.97 Å². The second-order valence-corrected chi connectivity index (χ2v) is 7.30. The summed E-state index contributed by atoms with van der Waals surface area (Å²) in [5, 5.41) is 6.21. The molecule has 4 nitrogen and oxygen atoms in total. The second kappa shape index (κ2) is 7.58. The molecule has 2 aromatic rings. The zero-order valence-corrected chi connectivity index (χ0v) is 15.0. The molecule has 2 rings (SSSR count). The molecule has 0 fully saturated rings. The highest BCUT2D eigenvalue weighted by molar-refractivity contribution is 6.30. The van der Waals surface area contributed by atoms with Crippen molar-refractivity contribution < 1.29 is 13.2 Å². The topological polar surface area (TPSA) is 49.8 Å². The van der Waals surface area contributed by atoms with Gasteiger partial charge in [0.2, 0.25) is 5.95 Å². The van der Waals surface area contributed by atoms with Crippen LogP contribution in [0.25, 0.3) is 0 Å². The lowest BCUT2D eigenvalue weighted by Gasteiger charge is -2.20. The van der Waals surface area contributed by atoms with Gasteiger partial charge >= 0.3 is 6.18 Å². The molecule has 0 bridgehead atoms. The number of nitrogens with zero attached hydrogens (tertiary/aromatic N) is 2. The van der Waals surface area contributed by atoms with Crippen molar-refractivity contribution in [1.82, 2.24) is 15.3 Å². The lowest BCUT2D eigenvalue weighted by molar-refractivity contribution is -0.141. The summed E-state index contributed by atoms with van der Waals surface area (Å²) in [6.07, 6.45) is -3.37. The van der Waals surface area contributed by atoms with Crippen molar-refractivity contribution in [3.63, 3.8) is 0 Å². The number of hydrogen-bond donors (Lipinski definition) is 2. The minimum absolute atomic E-state index is 0.00777. The average Bonchev–Trinajstić information content (AvgIpc) is 2.46. The van der Waals surface area contributed by atoms with Crippen molar-refractivity contribution >= 4 is 23.2 Å². The number of rotatable bonds is 5. The number of benzene rings is 1. The molecule has 1 heterocycles. The van der Waals surface area contributed by atoms with Gasteiger partial charge in [0.05, 0.1) is 0 Å². The molecule has 0 saturated carbocycles. The Hall–Kier alpha value is -1.86. The zero-order chi connectivity index (χ0) is 18.7. The van der Waals surface area contributed by atoms with Crippen LogP contribution in [0.4, 0.5) is 24.8 Å². The van der Waals surface area contributed by atoms with Gasteiger partial charge in [0.25, 0.3) is 0 Å². The van der Waals surface area contributed by atoms with E-state index in [0.29, 0.717) is 17.3 Å². The summed E-state index contributed by atoms with van der Waals surface area (Å²) in [7, 11) is 0. The summed E-state index contributed by atoms with van der Waals surface area (Å²) >= 11 is 5.87. The van der Waals surface area contributed by atoms with Crippen LogP contribution >= 0.6 is 11.6 Å². The fourth-order valence-electron chi connectivity index (χ4n) is 2.11. The Balaban J connectivity index is 2.21. The molecule has 0 aliphatic carbocycles. The third-order valence-corrected chi connectivity index (χ3v) is 3.42. The Morgan fingerprint density at radius 2 is 1.88 bits per heavy atom. The van der Waals surface area contributed by atoms with Gasteiger partial charge in [-0.05, 0) is 23.6 Å². The van der Waals surface area contributed by atoms with Crippen LogP contribution in [0, 0.1) is 5.41 Å². The molecule has 0 atom stereocenters. The Morgan fingerprint density at radius 1 is 1.16 bits per heavy atom. The summed E-state index contributed by atoms with van der Waals surface area (Å²) < 4.78 is 40.0. The first-order chi connectivity index (χ1) is 11.5. The second-order valence-electron chi connectivity index (χ2n) is 6.86. The van der Waals surface area contributed by atoms with E-state index in [1.54, 1.807) is 24.3 Å². The predicted octanol–water partition coefficient (Wildman–Crippen LogP) is 5.03. The van der Waals surface area contributed by atoms with Gasteiger partial charge in [0.1, 0.15) is 0 Å². The first kappa shape index (κ1) is 19.5. The maximum absolute atomic E-state index is 13.3. The molecule has 8 heteroatoms. The van der Waals surface area contributed by atoms with Crippen molar-refractivity contribution in [1.29, 1.82) is 0 Å². The van der Waals surface area contributed by atoms with Crippen LogP contribution < -0.4 is 10.6 Å². The molecule has 0 amide bonds. The molecule has 1 aromatic heterocycles. The van der Waals surface area contributed by atoms with Crippen molar-refractivity contribution in [2.45, 2.75) is 33.5 Å². The fourth-order valence-corrected chi connectivity index (χ4v) is 2.30. The first-order valence-electron chi connectivity index (χ1n) is 7.71. The molecule has 136 valence electrons. The molecule has 0 radical (unpaired) electrons. The van der Waals surface area contributed by atoms with Crippen LogP contribution in [0.3, 0.4) is 0 Å². The van der Waals surface area contributed by atoms with Gasteiger partial charge in [-0.3, -0.25) is 0 Å². The van der Waals surface area contributed by atoms with E-state index in [1.165, 1.54) is 6.20 Å². The summed E-state index contributed by atoms with van der Waals surface area (Å²) in [5.74, 6) is -0.130. The van der Waals surface area contributed by atoms with E-state index in [9.17, 15) is 13.2 Å². The predicted molar refractivity (Wildman–Crippen MR) is 92.9 cm³/mol. The van der Waals surface area contributed by atoms with Gasteiger partial charge in [-0.1, -0.05) is 38.4 Å². The number of halogens is 4. The normalized spacial score (nSPS) is 12.3. The van der Waals surface area contributed by atoms with Crippen LogP contribution in [0.2, 0.25) is 5.02 Å². The Morgan fingerprint density at radius 3 is 2.48 bits per heavy atom. The molecule has 0 spiro atoms. The highest BCUT2D eigenvalue weighted by Gasteiger charge is 2.36. The number of aromatic nitrogens is 2. The van der Waals surface area contributed by atoms with Gasteiger partial charge in [0.15, 0.2) is 5.69 Å². The molecule has 0 aliphatic rings. The number of nitrogens with one attached hydrogen (secondary N) is 2. The number of alkyl halides is 3. The SMILES string of the molecule is CC(C)(C)CNCc1cnc(Nc2cccc(Cl)c2)nc1C(F)(F)F. The molecule has 2 N–H and O–H groups in total. The van der Waals surface area contributed by atoms with E-state index in [4.69, 9.17) is 11.6 Å². The zero-order valence-electron chi connectivity index (χ0n) is 14.2. The van der Waals surface area contributed by atoms with E-state index >= 15 is 0 Å². The average molecular weight is 373 g/mol. The number of anilines is 2. The highest BCUT2D eigenvalue weighted by atomic mass is 35.5. The Labute approximate surface area is 149 Å². The molecule has 0 unspecified atom stereocenters. The van der Waals surface area contributed by atoms with Gasteiger partial charge in [-0.15, -0.1) is 0 Å². The highest BCUT2D eigenvalue weighted by Crippen LogP contribution is 2.31. The van der Waals surface area contributed by atoms with Crippen LogP contribution in [0.15, 0.2) is 30.5 Å². The summed E-state index contributed by atoms with van der Waals surface area (Å²) in [4.78, 5) is 7.64. The van der Waals surface area contributed by atoms with Gasteiger partial charge < -0.3 is 10.6 Å². The van der Waals surface area contributed by atoms with E-state index in [1.807, 2.05) is 20.8 Å². The van der Waals surface area contributed by atoms with E-state index in [2.05, 4.69) is 20.6 Å². The monoisotopic (exact) mass is 372 g/mol. The third kappa shape index (κ3) is 6.17. The minimum Gasteiger partial charge on any atom is -0.324 e. The number of hydrogen-bond acceptors (Lipinski definition) is 4. The van der Waals surface area contributed by atoms with Crippen molar-refractivity contribution in [3.05, 3.63) is 46.7 Å². The quantitative estimate of drug-likeness (QED) is 0.773. The maximum atomic E-state index is 13.3. The summed E-state index contributed by atoms with van der Waals surface area (Å²) in [5.41, 5.74) is -0.464. The van der Waals surface area contributed by atoms with Crippen molar-refractivity contribution in [2.75, 3.05) is 11.9 Å². The molecular weight excluding hydrogens is 353 g/mol. The van der Waals surface area contributed by atoms with Crippen LogP contribution in [0.5, 0.6) is 0 Å². The standard InChI is InChI=1S/C17H20ClF3N4/c1-16(2,3)10-22-8-11-9-23-15(25-14(11)17(19,20)21)24-13-6-4-5-12(18)7-13/h4-7,9,22H,8,10H2,1-3H3,(H,23,24,25). The van der Waals surface area contributed by atoms with Crippen LogP contribution in [0.1, 0.15) is 32.0 Å². The van der Waals surface area contributed by atoms with Crippen molar-refractivity contribution in [2.24, 2.45) is 5.41 Å². The van der Waals surface area contributed by atoms with E-state index in [0.717, 1.165) is 0 Å². The van der Waals surface area contributed by atoms with Gasteiger partial charge in [-0.2, -0.15) is 13.2 Å². The summed E-state index contributed by atoms with van der Waals surface area (Å²) in [6, 6.07) is 6.59. The molecule has 1 aromatic carbocycles.